The summed E-state index contributed by atoms with van der Waals surface area (Å²) in [5.74, 6) is 0.160. The van der Waals surface area contributed by atoms with Gasteiger partial charge in [-0.2, -0.15) is 0 Å². The Balaban J connectivity index is 0.000000205. The minimum absolute atomic E-state index is 0.160. The highest BCUT2D eigenvalue weighted by Gasteiger charge is 2.21. The van der Waals surface area contributed by atoms with Crippen LogP contribution >= 0.6 is 0 Å². The molecule has 3 nitrogen and oxygen atoms in total. The molecule has 0 fully saturated rings. The maximum absolute atomic E-state index is 12.1. The quantitative estimate of drug-likeness (QED) is 0.529. The Morgan fingerprint density at radius 2 is 1.50 bits per heavy atom. The van der Waals surface area contributed by atoms with Crippen molar-refractivity contribution >= 4 is 5.78 Å². The molecule has 1 heterocycles. The Labute approximate surface area is 117 Å². The van der Waals surface area contributed by atoms with Crippen LogP contribution in [0.15, 0.2) is 67.3 Å². The fourth-order valence-electron chi connectivity index (χ4n) is 2.36. The van der Waals surface area contributed by atoms with Crippen molar-refractivity contribution in [3.8, 4) is 0 Å². The number of aromatic nitrogens is 2. The standard InChI is InChI=1S/C14H10O.C3H4N2/c15-14-12-7-3-1-5-10(12)9-11-6-2-4-8-13(11)14;1-2-5-3-4-1/h1-8H,9H2;1-3H,(H,4,5). The lowest BCUT2D eigenvalue weighted by Crippen LogP contribution is -2.14. The molecule has 1 aromatic heterocycles. The number of hydrogen-bond acceptors (Lipinski definition) is 2. The zero-order valence-corrected chi connectivity index (χ0v) is 10.9. The van der Waals surface area contributed by atoms with Crippen LogP contribution in [0.5, 0.6) is 0 Å². The van der Waals surface area contributed by atoms with E-state index in [0.29, 0.717) is 0 Å². The van der Waals surface area contributed by atoms with E-state index < -0.39 is 0 Å². The Morgan fingerprint density at radius 3 is 1.95 bits per heavy atom. The number of carbonyl (C=O) groups excluding carboxylic acids is 1. The number of ketones is 1. The number of rotatable bonds is 0. The second-order valence-electron chi connectivity index (χ2n) is 4.58. The van der Waals surface area contributed by atoms with Crippen LogP contribution in [-0.2, 0) is 6.42 Å². The van der Waals surface area contributed by atoms with Crippen molar-refractivity contribution in [3.63, 3.8) is 0 Å². The number of hydrogen-bond donors (Lipinski definition) is 1. The molecule has 0 saturated heterocycles. The summed E-state index contributed by atoms with van der Waals surface area (Å²) in [7, 11) is 0. The van der Waals surface area contributed by atoms with Gasteiger partial charge in [0.2, 0.25) is 0 Å². The van der Waals surface area contributed by atoms with Gasteiger partial charge in [0, 0.05) is 23.5 Å². The minimum atomic E-state index is 0.160. The Bertz CT molecular complexity index is 653. The molecule has 0 radical (unpaired) electrons. The second kappa shape index (κ2) is 5.53. The largest absolute Gasteiger partial charge is 0.351 e. The molecule has 1 aliphatic rings. The number of fused-ring (bicyclic) bond motifs is 2. The molecule has 4 rings (SSSR count). The number of H-pyrrole nitrogens is 1. The molecule has 3 heteroatoms. The van der Waals surface area contributed by atoms with E-state index in [1.807, 2.05) is 48.5 Å². The summed E-state index contributed by atoms with van der Waals surface area (Å²) in [6.07, 6.45) is 5.96. The van der Waals surface area contributed by atoms with E-state index in [4.69, 9.17) is 0 Å². The predicted octanol–water partition coefficient (Wildman–Crippen LogP) is 3.23. The molecule has 0 bridgehead atoms. The highest BCUT2D eigenvalue weighted by molar-refractivity contribution is 6.12. The molecule has 0 unspecified atom stereocenters. The van der Waals surface area contributed by atoms with Crippen LogP contribution in [0.2, 0.25) is 0 Å². The molecule has 1 N–H and O–H groups in total. The molecule has 0 saturated carbocycles. The number of nitrogens with zero attached hydrogens (tertiary/aromatic N) is 1. The third-order valence-electron chi connectivity index (χ3n) is 3.31. The van der Waals surface area contributed by atoms with E-state index in [1.54, 1.807) is 18.7 Å². The maximum atomic E-state index is 12.1. The first kappa shape index (κ1) is 12.4. The summed E-state index contributed by atoms with van der Waals surface area (Å²) in [5, 5.41) is 0. The minimum Gasteiger partial charge on any atom is -0.351 e. The summed E-state index contributed by atoms with van der Waals surface area (Å²) in [6.45, 7) is 0. The zero-order chi connectivity index (χ0) is 13.8. The van der Waals surface area contributed by atoms with E-state index in [1.165, 1.54) is 0 Å². The fraction of sp³-hybridized carbons (Fsp3) is 0.0588. The van der Waals surface area contributed by atoms with Crippen LogP contribution in [0.1, 0.15) is 27.0 Å². The van der Waals surface area contributed by atoms with Crippen LogP contribution in [0, 0.1) is 0 Å². The van der Waals surface area contributed by atoms with Crippen molar-refractivity contribution in [3.05, 3.63) is 89.5 Å². The van der Waals surface area contributed by atoms with Crippen LogP contribution in [-0.4, -0.2) is 15.8 Å². The summed E-state index contributed by atoms with van der Waals surface area (Å²) < 4.78 is 0. The molecule has 2 aromatic carbocycles. The first-order valence-corrected chi connectivity index (χ1v) is 6.49. The van der Waals surface area contributed by atoms with E-state index in [0.717, 1.165) is 28.7 Å². The van der Waals surface area contributed by atoms with Crippen molar-refractivity contribution in [2.75, 3.05) is 0 Å². The van der Waals surface area contributed by atoms with Crippen molar-refractivity contribution < 1.29 is 4.79 Å². The number of aromatic amines is 1. The Morgan fingerprint density at radius 1 is 0.900 bits per heavy atom. The lowest BCUT2D eigenvalue weighted by Gasteiger charge is -2.17. The van der Waals surface area contributed by atoms with Crippen molar-refractivity contribution in [2.24, 2.45) is 0 Å². The average molecular weight is 262 g/mol. The van der Waals surface area contributed by atoms with Crippen molar-refractivity contribution in [2.45, 2.75) is 6.42 Å². The van der Waals surface area contributed by atoms with E-state index in [-0.39, 0.29) is 5.78 Å². The normalized spacial score (nSPS) is 11.9. The van der Waals surface area contributed by atoms with Gasteiger partial charge in [0.15, 0.2) is 5.78 Å². The van der Waals surface area contributed by atoms with Crippen molar-refractivity contribution in [1.29, 1.82) is 0 Å². The highest BCUT2D eigenvalue weighted by Crippen LogP contribution is 2.26. The predicted molar refractivity (Wildman–Crippen MR) is 77.7 cm³/mol. The van der Waals surface area contributed by atoms with E-state index >= 15 is 0 Å². The number of benzene rings is 2. The number of imidazole rings is 1. The molecule has 3 aromatic rings. The van der Waals surface area contributed by atoms with Crippen LogP contribution in [0.25, 0.3) is 0 Å². The highest BCUT2D eigenvalue weighted by atomic mass is 16.1. The number of nitrogens with one attached hydrogen (secondary N) is 1. The van der Waals surface area contributed by atoms with E-state index in [9.17, 15) is 4.79 Å². The molecular formula is C17H14N2O. The summed E-state index contributed by atoms with van der Waals surface area (Å²) in [6, 6.07) is 15.7. The number of carbonyl (C=O) groups is 1. The van der Waals surface area contributed by atoms with Gasteiger partial charge in [-0.1, -0.05) is 48.5 Å². The van der Waals surface area contributed by atoms with Gasteiger partial charge >= 0.3 is 0 Å². The van der Waals surface area contributed by atoms with Gasteiger partial charge in [0.1, 0.15) is 0 Å². The Kier molecular flexibility index (Phi) is 3.42. The topological polar surface area (TPSA) is 45.8 Å². The van der Waals surface area contributed by atoms with Crippen LogP contribution in [0.3, 0.4) is 0 Å². The molecule has 0 aliphatic heterocycles. The fourth-order valence-corrected chi connectivity index (χ4v) is 2.36. The summed E-state index contributed by atoms with van der Waals surface area (Å²) >= 11 is 0. The second-order valence-corrected chi connectivity index (χ2v) is 4.58. The molecule has 20 heavy (non-hydrogen) atoms. The van der Waals surface area contributed by atoms with Gasteiger partial charge in [-0.3, -0.25) is 4.79 Å². The first-order chi connectivity index (χ1) is 9.86. The monoisotopic (exact) mass is 262 g/mol. The van der Waals surface area contributed by atoms with Crippen LogP contribution in [0.4, 0.5) is 0 Å². The van der Waals surface area contributed by atoms with Crippen molar-refractivity contribution in [1.82, 2.24) is 9.97 Å². The summed E-state index contributed by atoms with van der Waals surface area (Å²) in [4.78, 5) is 18.5. The lowest BCUT2D eigenvalue weighted by atomic mass is 9.85. The van der Waals surface area contributed by atoms with Crippen LogP contribution < -0.4 is 0 Å². The third-order valence-corrected chi connectivity index (χ3v) is 3.31. The van der Waals surface area contributed by atoms with Gasteiger partial charge in [-0.25, -0.2) is 4.98 Å². The SMILES string of the molecule is O=C1c2ccccc2Cc2ccccc21.c1c[nH]cn1. The molecular weight excluding hydrogens is 248 g/mol. The molecule has 0 amide bonds. The Hall–Kier alpha value is -2.68. The van der Waals surface area contributed by atoms with Gasteiger partial charge in [0.25, 0.3) is 0 Å². The van der Waals surface area contributed by atoms with Gasteiger partial charge in [0.05, 0.1) is 6.33 Å². The van der Waals surface area contributed by atoms with Gasteiger partial charge < -0.3 is 4.98 Å². The van der Waals surface area contributed by atoms with Gasteiger partial charge in [-0.05, 0) is 17.5 Å². The lowest BCUT2D eigenvalue weighted by molar-refractivity contribution is 0.103. The van der Waals surface area contributed by atoms with Gasteiger partial charge in [-0.15, -0.1) is 0 Å². The molecule has 0 atom stereocenters. The molecule has 0 spiro atoms. The maximum Gasteiger partial charge on any atom is 0.193 e. The molecule has 1 aliphatic carbocycles. The smallest absolute Gasteiger partial charge is 0.193 e. The summed E-state index contributed by atoms with van der Waals surface area (Å²) in [5.41, 5.74) is 4.00. The molecule has 98 valence electrons. The first-order valence-electron chi connectivity index (χ1n) is 6.49. The average Bonchev–Trinajstić information content (AvgIpc) is 3.07. The third kappa shape index (κ3) is 2.38. The van der Waals surface area contributed by atoms with E-state index in [2.05, 4.69) is 9.97 Å². The zero-order valence-electron chi connectivity index (χ0n) is 10.9.